The lowest BCUT2D eigenvalue weighted by molar-refractivity contribution is 0.770. The lowest BCUT2D eigenvalue weighted by atomic mass is 10.1. The molecule has 0 aliphatic heterocycles. The highest BCUT2D eigenvalue weighted by molar-refractivity contribution is 5.81. The molecule has 4 heteroatoms. The Hall–Kier alpha value is -2.36. The Kier molecular flexibility index (Phi) is 2.70. The van der Waals surface area contributed by atoms with E-state index in [0.29, 0.717) is 6.04 Å². The summed E-state index contributed by atoms with van der Waals surface area (Å²) in [4.78, 5) is 4.53. The zero-order chi connectivity index (χ0) is 14.4. The highest BCUT2D eigenvalue weighted by atomic mass is 15.3. The Balaban J connectivity index is 1.60. The van der Waals surface area contributed by atoms with Crippen molar-refractivity contribution in [2.75, 3.05) is 5.32 Å². The van der Waals surface area contributed by atoms with Gasteiger partial charge < -0.3 is 5.32 Å². The van der Waals surface area contributed by atoms with E-state index < -0.39 is 0 Å². The summed E-state index contributed by atoms with van der Waals surface area (Å²) in [5, 5.41) is 9.16. The van der Waals surface area contributed by atoms with Crippen LogP contribution in [0.1, 0.15) is 16.8 Å². The standard InChI is InChI=1S/C17H18N4/c1-11-16-9-15(10-18-17(16)21(2)20-11)19-14-7-12-5-3-4-6-13(12)8-14/h3-6,9-10,14,19H,7-8H2,1-2H3. The topological polar surface area (TPSA) is 42.7 Å². The average Bonchev–Trinajstić information content (AvgIpc) is 3.00. The molecular formula is C17H18N4. The van der Waals surface area contributed by atoms with Crippen LogP contribution in [0.5, 0.6) is 0 Å². The summed E-state index contributed by atoms with van der Waals surface area (Å²) in [5.41, 5.74) is 5.96. The van der Waals surface area contributed by atoms with Crippen molar-refractivity contribution in [1.29, 1.82) is 0 Å². The fraction of sp³-hybridized carbons (Fsp3) is 0.294. The number of aromatic nitrogens is 3. The Labute approximate surface area is 123 Å². The van der Waals surface area contributed by atoms with Gasteiger partial charge in [0.15, 0.2) is 5.65 Å². The highest BCUT2D eigenvalue weighted by Gasteiger charge is 2.20. The quantitative estimate of drug-likeness (QED) is 0.784. The molecule has 0 saturated carbocycles. The SMILES string of the molecule is Cc1nn(C)c2ncc(NC3Cc4ccccc4C3)cc12. The largest absolute Gasteiger partial charge is 0.380 e. The molecule has 0 unspecified atom stereocenters. The first-order valence-corrected chi connectivity index (χ1v) is 7.33. The predicted molar refractivity (Wildman–Crippen MR) is 84.5 cm³/mol. The third-order valence-corrected chi connectivity index (χ3v) is 4.28. The first-order valence-electron chi connectivity index (χ1n) is 7.33. The number of nitrogens with one attached hydrogen (secondary N) is 1. The molecule has 2 aromatic heterocycles. The number of rotatable bonds is 2. The average molecular weight is 278 g/mol. The minimum atomic E-state index is 0.457. The second-order valence-corrected chi connectivity index (χ2v) is 5.82. The fourth-order valence-corrected chi connectivity index (χ4v) is 3.28. The van der Waals surface area contributed by atoms with Gasteiger partial charge in [-0.3, -0.25) is 4.68 Å². The molecule has 0 saturated heterocycles. The van der Waals surface area contributed by atoms with E-state index in [4.69, 9.17) is 0 Å². The number of aryl methyl sites for hydroxylation is 2. The molecule has 0 bridgehead atoms. The summed E-state index contributed by atoms with van der Waals surface area (Å²) in [7, 11) is 1.93. The monoisotopic (exact) mass is 278 g/mol. The summed E-state index contributed by atoms with van der Waals surface area (Å²) >= 11 is 0. The van der Waals surface area contributed by atoms with Crippen LogP contribution in [0, 0.1) is 6.92 Å². The maximum atomic E-state index is 4.53. The van der Waals surface area contributed by atoms with Gasteiger partial charge in [0.25, 0.3) is 0 Å². The number of nitrogens with zero attached hydrogens (tertiary/aromatic N) is 3. The Morgan fingerprint density at radius 1 is 1.19 bits per heavy atom. The van der Waals surface area contributed by atoms with E-state index in [1.165, 1.54) is 11.1 Å². The molecule has 1 aliphatic carbocycles. The number of benzene rings is 1. The highest BCUT2D eigenvalue weighted by Crippen LogP contribution is 2.26. The van der Waals surface area contributed by atoms with E-state index in [0.717, 1.165) is 35.3 Å². The number of hydrogen-bond acceptors (Lipinski definition) is 3. The van der Waals surface area contributed by atoms with Gasteiger partial charge in [-0.2, -0.15) is 5.10 Å². The summed E-state index contributed by atoms with van der Waals surface area (Å²) in [5.74, 6) is 0. The molecule has 3 aromatic rings. The molecule has 0 spiro atoms. The summed E-state index contributed by atoms with van der Waals surface area (Å²) in [6.45, 7) is 2.03. The van der Waals surface area contributed by atoms with E-state index >= 15 is 0 Å². The van der Waals surface area contributed by atoms with Crippen LogP contribution < -0.4 is 5.32 Å². The van der Waals surface area contributed by atoms with Crippen molar-refractivity contribution >= 4 is 16.7 Å². The Bertz CT molecular complexity index is 794. The minimum Gasteiger partial charge on any atom is -0.380 e. The van der Waals surface area contributed by atoms with Crippen LogP contribution in [0.2, 0.25) is 0 Å². The van der Waals surface area contributed by atoms with Crippen LogP contribution in [0.4, 0.5) is 5.69 Å². The second kappa shape index (κ2) is 4.58. The molecule has 2 heterocycles. The van der Waals surface area contributed by atoms with E-state index in [1.54, 1.807) is 0 Å². The van der Waals surface area contributed by atoms with Crippen molar-refractivity contribution in [3.05, 3.63) is 53.3 Å². The molecule has 1 N–H and O–H groups in total. The number of fused-ring (bicyclic) bond motifs is 2. The molecule has 0 amide bonds. The van der Waals surface area contributed by atoms with Crippen molar-refractivity contribution in [3.63, 3.8) is 0 Å². The van der Waals surface area contributed by atoms with Crippen LogP contribution in [-0.2, 0) is 19.9 Å². The van der Waals surface area contributed by atoms with E-state index in [-0.39, 0.29) is 0 Å². The van der Waals surface area contributed by atoms with Crippen LogP contribution in [-0.4, -0.2) is 20.8 Å². The van der Waals surface area contributed by atoms with Gasteiger partial charge >= 0.3 is 0 Å². The van der Waals surface area contributed by atoms with Crippen LogP contribution in [0.25, 0.3) is 11.0 Å². The first kappa shape index (κ1) is 12.4. The third-order valence-electron chi connectivity index (χ3n) is 4.28. The van der Waals surface area contributed by atoms with Gasteiger partial charge in [0.05, 0.1) is 17.6 Å². The van der Waals surface area contributed by atoms with E-state index in [9.17, 15) is 0 Å². The lowest BCUT2D eigenvalue weighted by Gasteiger charge is -2.13. The minimum absolute atomic E-state index is 0.457. The molecule has 1 aliphatic rings. The molecule has 0 radical (unpaired) electrons. The van der Waals surface area contributed by atoms with Crippen molar-refractivity contribution in [2.45, 2.75) is 25.8 Å². The van der Waals surface area contributed by atoms with Crippen LogP contribution in [0.15, 0.2) is 36.5 Å². The van der Waals surface area contributed by atoms with Crippen LogP contribution >= 0.6 is 0 Å². The van der Waals surface area contributed by atoms with Crippen molar-refractivity contribution in [2.24, 2.45) is 7.05 Å². The van der Waals surface area contributed by atoms with Gasteiger partial charge in [0, 0.05) is 18.5 Å². The second-order valence-electron chi connectivity index (χ2n) is 5.82. The first-order chi connectivity index (χ1) is 10.2. The Morgan fingerprint density at radius 3 is 2.62 bits per heavy atom. The molecule has 21 heavy (non-hydrogen) atoms. The maximum absolute atomic E-state index is 4.53. The lowest BCUT2D eigenvalue weighted by Crippen LogP contribution is -2.19. The summed E-state index contributed by atoms with van der Waals surface area (Å²) in [6.07, 6.45) is 4.08. The molecule has 0 atom stereocenters. The smallest absolute Gasteiger partial charge is 0.157 e. The van der Waals surface area contributed by atoms with Crippen LogP contribution in [0.3, 0.4) is 0 Å². The molecule has 4 rings (SSSR count). The molecule has 0 fully saturated rings. The molecular weight excluding hydrogens is 260 g/mol. The molecule has 4 nitrogen and oxygen atoms in total. The maximum Gasteiger partial charge on any atom is 0.157 e. The van der Waals surface area contributed by atoms with Crippen molar-refractivity contribution < 1.29 is 0 Å². The van der Waals surface area contributed by atoms with Gasteiger partial charge in [-0.15, -0.1) is 0 Å². The van der Waals surface area contributed by atoms with E-state index in [1.807, 2.05) is 24.9 Å². The van der Waals surface area contributed by atoms with Gasteiger partial charge in [0.1, 0.15) is 0 Å². The van der Waals surface area contributed by atoms with Gasteiger partial charge in [0.2, 0.25) is 0 Å². The predicted octanol–water partition coefficient (Wildman–Crippen LogP) is 2.86. The van der Waals surface area contributed by atoms with Gasteiger partial charge in [-0.25, -0.2) is 4.98 Å². The van der Waals surface area contributed by atoms with Gasteiger partial charge in [-0.05, 0) is 37.0 Å². The van der Waals surface area contributed by atoms with Crippen molar-refractivity contribution in [3.8, 4) is 0 Å². The zero-order valence-electron chi connectivity index (χ0n) is 12.3. The molecule has 106 valence electrons. The van der Waals surface area contributed by atoms with Gasteiger partial charge in [-0.1, -0.05) is 24.3 Å². The number of hydrogen-bond donors (Lipinski definition) is 1. The number of pyridine rings is 1. The normalized spacial score (nSPS) is 14.6. The van der Waals surface area contributed by atoms with E-state index in [2.05, 4.69) is 45.7 Å². The fourth-order valence-electron chi connectivity index (χ4n) is 3.28. The van der Waals surface area contributed by atoms with Crippen molar-refractivity contribution in [1.82, 2.24) is 14.8 Å². The molecule has 1 aromatic carbocycles. The number of anilines is 1. The summed E-state index contributed by atoms with van der Waals surface area (Å²) < 4.78 is 1.83. The zero-order valence-corrected chi connectivity index (χ0v) is 12.3. The Morgan fingerprint density at radius 2 is 1.90 bits per heavy atom. The third kappa shape index (κ3) is 2.07. The summed E-state index contributed by atoms with van der Waals surface area (Å²) in [6, 6.07) is 11.3.